The first-order valence-electron chi connectivity index (χ1n) is 8.75. The summed E-state index contributed by atoms with van der Waals surface area (Å²) in [5.41, 5.74) is 5.93. The molecule has 0 fully saturated rings. The van der Waals surface area contributed by atoms with Crippen molar-refractivity contribution in [2.45, 2.75) is 5.81 Å². The second kappa shape index (κ2) is 9.13. The minimum absolute atomic E-state index is 0.0126. The van der Waals surface area contributed by atoms with Crippen LogP contribution in [0.4, 0.5) is 10.1 Å². The van der Waals surface area contributed by atoms with Crippen LogP contribution in [-0.2, 0) is 0 Å². The molecule has 0 aliphatic rings. The number of nitrogens with two attached hydrogens (primary N) is 1. The molecule has 0 unspecified atom stereocenters. The van der Waals surface area contributed by atoms with E-state index in [2.05, 4.69) is 10.3 Å². The number of benzene rings is 2. The molecule has 0 atom stereocenters. The minimum atomic E-state index is -2.77. The zero-order valence-corrected chi connectivity index (χ0v) is 17.9. The first-order valence-corrected chi connectivity index (χ1v) is 9.54. The molecule has 164 valence electrons. The molecule has 1 heterocycles. The Balaban J connectivity index is 1.95. The third-order valence-corrected chi connectivity index (χ3v) is 4.67. The number of halogens is 2. The average molecular weight is 477 g/mol. The number of nitrogens with zero attached hydrogens (tertiary/aromatic N) is 1. The zero-order valence-electron chi connectivity index (χ0n) is 16.3. The molecule has 13 heteroatoms. The van der Waals surface area contributed by atoms with E-state index in [1.807, 2.05) is 5.32 Å². The lowest BCUT2D eigenvalue weighted by molar-refractivity contribution is -0.0959. The first kappa shape index (κ1) is 23.5. The smallest absolute Gasteiger partial charge is 0.252 e. The van der Waals surface area contributed by atoms with Crippen molar-refractivity contribution >= 4 is 59.3 Å². The van der Waals surface area contributed by atoms with Crippen LogP contribution < -0.4 is 25.8 Å². The maximum atomic E-state index is 14.9. The number of hydrogen-bond donors (Lipinski definition) is 5. The topological polar surface area (TPSA) is 139 Å². The van der Waals surface area contributed by atoms with Gasteiger partial charge in [-0.1, -0.05) is 11.6 Å². The Morgan fingerprint density at radius 1 is 1.28 bits per heavy atom. The monoisotopic (exact) mass is 476 g/mol. The van der Waals surface area contributed by atoms with Gasteiger partial charge in [0, 0.05) is 17.6 Å². The number of carbonyl (C=O) groups excluding carboxylic acids is 1. The summed E-state index contributed by atoms with van der Waals surface area (Å²) in [6.07, 6.45) is 1.43. The molecule has 0 saturated heterocycles. The van der Waals surface area contributed by atoms with E-state index < -0.39 is 17.5 Å². The van der Waals surface area contributed by atoms with Crippen LogP contribution in [0.25, 0.3) is 10.9 Å². The molecule has 0 aliphatic heterocycles. The van der Waals surface area contributed by atoms with Gasteiger partial charge in [-0.2, -0.15) is 0 Å². The highest BCUT2D eigenvalue weighted by Gasteiger charge is 2.19. The number of fused-ring (bicyclic) bond motifs is 1. The molecule has 0 spiro atoms. The van der Waals surface area contributed by atoms with Gasteiger partial charge in [-0.25, -0.2) is 4.39 Å². The summed E-state index contributed by atoms with van der Waals surface area (Å²) in [6, 6.07) is 7.03. The van der Waals surface area contributed by atoms with Gasteiger partial charge in [-0.3, -0.25) is 9.78 Å². The van der Waals surface area contributed by atoms with Crippen LogP contribution in [0, 0.1) is 5.82 Å². The second-order valence-electron chi connectivity index (χ2n) is 6.39. The van der Waals surface area contributed by atoms with Gasteiger partial charge < -0.3 is 36.1 Å². The number of carbonyl (C=O) groups is 1. The Bertz CT molecular complexity index is 1220. The Labute approximate surface area is 192 Å². The number of methoxy groups -OCH3 is 1. The van der Waals surface area contributed by atoms with E-state index in [1.165, 1.54) is 43.6 Å². The summed E-state index contributed by atoms with van der Waals surface area (Å²) in [5, 5.41) is 22.3. The van der Waals surface area contributed by atoms with E-state index in [0.29, 0.717) is 10.9 Å². The molecule has 1 aromatic heterocycles. The Morgan fingerprint density at radius 2 is 2.00 bits per heavy atom. The maximum absolute atomic E-state index is 14.9. The summed E-state index contributed by atoms with van der Waals surface area (Å²) in [7, 11) is 6.35. The third-order valence-electron chi connectivity index (χ3n) is 4.10. The summed E-state index contributed by atoms with van der Waals surface area (Å²) in [5.74, 6) is -4.24. The van der Waals surface area contributed by atoms with Crippen molar-refractivity contribution in [3.05, 3.63) is 52.9 Å². The minimum Gasteiger partial charge on any atom is -0.496 e. The predicted octanol–water partition coefficient (Wildman–Crippen LogP) is 1.98. The normalized spacial score (nSPS) is 11.2. The third kappa shape index (κ3) is 5.17. The van der Waals surface area contributed by atoms with Gasteiger partial charge in [0.15, 0.2) is 30.3 Å². The van der Waals surface area contributed by atoms with Crippen LogP contribution in [0.1, 0.15) is 10.4 Å². The van der Waals surface area contributed by atoms with Crippen LogP contribution in [-0.4, -0.2) is 47.0 Å². The summed E-state index contributed by atoms with van der Waals surface area (Å²) in [6.45, 7) is 0. The fourth-order valence-corrected chi connectivity index (χ4v) is 3.21. The van der Waals surface area contributed by atoms with E-state index >= 15 is 0 Å². The van der Waals surface area contributed by atoms with Gasteiger partial charge in [-0.15, -0.1) is 0 Å². The molecule has 3 aromatic rings. The molecule has 0 aliphatic carbocycles. The highest BCUT2D eigenvalue weighted by molar-refractivity contribution is 7.80. The van der Waals surface area contributed by atoms with Crippen molar-refractivity contribution < 1.29 is 28.9 Å². The number of aliphatic hydroxyl groups is 2. The number of thiocarbonyl (C=S) groups is 1. The SMILES string of the molecule is [B]C(O)(O)NC(=S)Nc1ccc(Oc2ccnc3cc(OC)c(C(N)=O)cc23)c(F)c1Cl. The zero-order chi connectivity index (χ0) is 23.6. The van der Waals surface area contributed by atoms with Gasteiger partial charge in [0.25, 0.3) is 5.91 Å². The van der Waals surface area contributed by atoms with Crippen LogP contribution >= 0.6 is 23.8 Å². The van der Waals surface area contributed by atoms with Gasteiger partial charge in [-0.05, 0) is 36.5 Å². The van der Waals surface area contributed by atoms with Crippen LogP contribution in [0.2, 0.25) is 5.02 Å². The fraction of sp³-hybridized carbons (Fsp3) is 0.105. The van der Waals surface area contributed by atoms with Gasteiger partial charge in [0.1, 0.15) is 16.5 Å². The summed E-state index contributed by atoms with van der Waals surface area (Å²) in [4.78, 5) is 15.9. The highest BCUT2D eigenvalue weighted by atomic mass is 35.5. The average Bonchev–Trinajstić information content (AvgIpc) is 2.71. The Morgan fingerprint density at radius 3 is 2.62 bits per heavy atom. The van der Waals surface area contributed by atoms with E-state index in [4.69, 9.17) is 57.1 Å². The summed E-state index contributed by atoms with van der Waals surface area (Å²) >= 11 is 10.9. The molecule has 2 aromatic carbocycles. The number of primary amides is 1. The van der Waals surface area contributed by atoms with Gasteiger partial charge in [0.05, 0.1) is 23.9 Å². The lowest BCUT2D eigenvalue weighted by Gasteiger charge is -2.21. The van der Waals surface area contributed by atoms with Crippen LogP contribution in [0.15, 0.2) is 36.5 Å². The number of anilines is 1. The number of amides is 1. The molecular weight excluding hydrogens is 462 g/mol. The van der Waals surface area contributed by atoms with E-state index in [9.17, 15) is 9.18 Å². The molecule has 3 rings (SSSR count). The lowest BCUT2D eigenvalue weighted by Crippen LogP contribution is -2.50. The van der Waals surface area contributed by atoms with Gasteiger partial charge in [0.2, 0.25) is 0 Å². The fourth-order valence-electron chi connectivity index (χ4n) is 2.74. The first-order chi connectivity index (χ1) is 15.0. The quantitative estimate of drug-likeness (QED) is 0.205. The standard InChI is InChI=1S/C19H15BClFN4O5S/c1-30-14-7-11-8(6-9(14)17(23)27)12(4-5-24-11)31-13-3-2-10(15(21)16(13)22)25-18(32)26-19(20,28)29/h2-7,28-29H,1H3,(H2,23,27)(H2,25,26,32). The van der Waals surface area contributed by atoms with E-state index in [-0.39, 0.29) is 38.6 Å². The van der Waals surface area contributed by atoms with Crippen molar-refractivity contribution in [3.63, 3.8) is 0 Å². The van der Waals surface area contributed by atoms with Crippen molar-refractivity contribution in [3.8, 4) is 17.2 Å². The predicted molar refractivity (Wildman–Crippen MR) is 121 cm³/mol. The molecule has 32 heavy (non-hydrogen) atoms. The molecule has 2 radical (unpaired) electrons. The number of pyridine rings is 1. The largest absolute Gasteiger partial charge is 0.496 e. The molecule has 1 amide bonds. The number of rotatable bonds is 6. The Kier molecular flexibility index (Phi) is 6.70. The summed E-state index contributed by atoms with van der Waals surface area (Å²) < 4.78 is 25.7. The molecule has 0 bridgehead atoms. The van der Waals surface area contributed by atoms with Crippen LogP contribution in [0.5, 0.6) is 17.2 Å². The molecule has 0 saturated carbocycles. The van der Waals surface area contributed by atoms with E-state index in [0.717, 1.165) is 0 Å². The number of nitrogens with one attached hydrogen (secondary N) is 2. The molecular formula is C19H15BClFN4O5S. The lowest BCUT2D eigenvalue weighted by atomic mass is 10.1. The number of hydrogen-bond acceptors (Lipinski definition) is 7. The van der Waals surface area contributed by atoms with Crippen molar-refractivity contribution in [1.82, 2.24) is 10.3 Å². The van der Waals surface area contributed by atoms with Crippen molar-refractivity contribution in [2.24, 2.45) is 5.73 Å². The maximum Gasteiger partial charge on any atom is 0.252 e. The van der Waals surface area contributed by atoms with E-state index in [1.54, 1.807) is 0 Å². The van der Waals surface area contributed by atoms with Crippen molar-refractivity contribution in [1.29, 1.82) is 0 Å². The second-order valence-corrected chi connectivity index (χ2v) is 7.18. The molecule has 6 N–H and O–H groups in total. The van der Waals surface area contributed by atoms with Crippen LogP contribution in [0.3, 0.4) is 0 Å². The van der Waals surface area contributed by atoms with Crippen molar-refractivity contribution in [2.75, 3.05) is 12.4 Å². The van der Waals surface area contributed by atoms with Gasteiger partial charge >= 0.3 is 0 Å². The molecule has 9 nitrogen and oxygen atoms in total. The Hall–Kier alpha value is -3.19. The number of aromatic nitrogens is 1. The number of ether oxygens (including phenoxy) is 2. The highest BCUT2D eigenvalue weighted by Crippen LogP contribution is 2.37.